The number of halogens is 6. The van der Waals surface area contributed by atoms with Gasteiger partial charge >= 0.3 is 18.2 Å². The minimum Gasteiger partial charge on any atom is -0.475 e. The molecule has 0 aliphatic carbocycles. The van der Waals surface area contributed by atoms with E-state index in [1.165, 1.54) is 31.4 Å². The van der Waals surface area contributed by atoms with Crippen LogP contribution in [-0.2, 0) is 22.4 Å². The Kier molecular flexibility index (Phi) is 13.3. The van der Waals surface area contributed by atoms with E-state index in [2.05, 4.69) is 40.7 Å². The highest BCUT2D eigenvalue weighted by atomic mass is 35.5. The van der Waals surface area contributed by atoms with Crippen molar-refractivity contribution < 1.29 is 50.4 Å². The standard InChI is InChI=1S/C21H25FN6O3.C14H14FN5O.C2HF3O2.ClH/c1-3-17-16-5-4-14(22)10-18(16)28(24-17)20-23-19(31-25-20)13-11-27(12-13)15-6-8-26(9-7-15)21(29)30-2;1-2-11-10-4-3-9(15)5-12(10)20(18-11)14-17-13(21-19-14)8-6-16-7-8;3-2(4,5)1(6)7;/h4-5,10,13,15H,3,6-9,11-12H2,1-2H3;3-5,8,16H,2,6-7H2,1H3;(H,6,7);1H. The van der Waals surface area contributed by atoms with Crippen LogP contribution < -0.4 is 5.32 Å². The maximum Gasteiger partial charge on any atom is 0.490 e. The summed E-state index contributed by atoms with van der Waals surface area (Å²) >= 11 is 0. The molecule has 3 aliphatic rings. The number of hydrogen-bond donors (Lipinski definition) is 2. The number of benzene rings is 2. The van der Waals surface area contributed by atoms with E-state index >= 15 is 0 Å². The lowest BCUT2D eigenvalue weighted by Crippen LogP contribution is -2.54. The number of nitrogens with one attached hydrogen (secondary N) is 1. The Hall–Kier alpha value is -5.74. The third-order valence-electron chi connectivity index (χ3n) is 10.4. The summed E-state index contributed by atoms with van der Waals surface area (Å²) in [5.74, 6) is -1.10. The molecule has 2 N–H and O–H groups in total. The van der Waals surface area contributed by atoms with Crippen molar-refractivity contribution in [3.8, 4) is 11.9 Å². The summed E-state index contributed by atoms with van der Waals surface area (Å²) in [5, 5.41) is 29.2. The zero-order chi connectivity index (χ0) is 42.0. The number of aryl methyl sites for hydroxylation is 2. The van der Waals surface area contributed by atoms with Crippen LogP contribution in [0.15, 0.2) is 45.4 Å². The van der Waals surface area contributed by atoms with Crippen LogP contribution in [-0.4, -0.2) is 125 Å². The smallest absolute Gasteiger partial charge is 0.475 e. The Balaban J connectivity index is 0.000000180. The molecule has 7 heterocycles. The summed E-state index contributed by atoms with van der Waals surface area (Å²) in [6.45, 7) is 8.83. The van der Waals surface area contributed by atoms with E-state index in [1.807, 2.05) is 13.8 Å². The molecule has 4 aromatic heterocycles. The molecule has 3 fully saturated rings. The average Bonchev–Trinajstić information content (AvgIpc) is 3.99. The van der Waals surface area contributed by atoms with Gasteiger partial charge in [-0.15, -0.1) is 12.4 Å². The fraction of sp³-hybridized carbons (Fsp3) is 0.459. The third kappa shape index (κ3) is 9.19. The summed E-state index contributed by atoms with van der Waals surface area (Å²) in [6.07, 6.45) is -1.99. The van der Waals surface area contributed by atoms with Crippen LogP contribution in [0.4, 0.5) is 26.7 Å². The number of nitrogens with zero attached hydrogens (tertiary/aromatic N) is 10. The van der Waals surface area contributed by atoms with Gasteiger partial charge in [-0.25, -0.2) is 18.4 Å². The molecule has 6 aromatic rings. The summed E-state index contributed by atoms with van der Waals surface area (Å²) in [6, 6.07) is 9.70. The van der Waals surface area contributed by atoms with Gasteiger partial charge < -0.3 is 29.1 Å². The summed E-state index contributed by atoms with van der Waals surface area (Å²) in [5.41, 5.74) is 3.05. The molecule has 0 spiro atoms. The normalized spacial score (nSPS) is 16.3. The molecule has 3 aliphatic heterocycles. The first-order valence-corrected chi connectivity index (χ1v) is 18.9. The van der Waals surface area contributed by atoms with Crippen molar-refractivity contribution in [1.29, 1.82) is 0 Å². The molecule has 0 bridgehead atoms. The summed E-state index contributed by atoms with van der Waals surface area (Å²) < 4.78 is 77.8. The first kappa shape index (κ1) is 43.8. The molecule has 1 amide bonds. The van der Waals surface area contributed by atoms with Crippen molar-refractivity contribution in [2.45, 2.75) is 63.6 Å². The van der Waals surface area contributed by atoms with Gasteiger partial charge in [-0.1, -0.05) is 13.8 Å². The van der Waals surface area contributed by atoms with Crippen LogP contribution in [0, 0.1) is 11.6 Å². The van der Waals surface area contributed by atoms with Gasteiger partial charge in [-0.2, -0.15) is 42.7 Å². The molecule has 9 rings (SSSR count). The van der Waals surface area contributed by atoms with Crippen molar-refractivity contribution in [2.75, 3.05) is 46.4 Å². The number of fused-ring (bicyclic) bond motifs is 2. The Morgan fingerprint density at radius 2 is 1.30 bits per heavy atom. The van der Waals surface area contributed by atoms with Crippen molar-refractivity contribution >= 4 is 46.3 Å². The quantitative estimate of drug-likeness (QED) is 0.189. The van der Waals surface area contributed by atoms with Crippen LogP contribution >= 0.6 is 12.4 Å². The number of rotatable bonds is 7. The highest BCUT2D eigenvalue weighted by Crippen LogP contribution is 2.32. The lowest BCUT2D eigenvalue weighted by molar-refractivity contribution is -0.192. The van der Waals surface area contributed by atoms with Crippen LogP contribution in [0.1, 0.15) is 61.7 Å². The molecule has 0 radical (unpaired) electrons. The van der Waals surface area contributed by atoms with E-state index in [-0.39, 0.29) is 42.0 Å². The third-order valence-corrected chi connectivity index (χ3v) is 10.4. The highest BCUT2D eigenvalue weighted by Gasteiger charge is 2.39. The topological polar surface area (TPSA) is 196 Å². The number of ether oxygens (including phenoxy) is 1. The van der Waals surface area contributed by atoms with Gasteiger partial charge in [-0.05, 0) is 60.3 Å². The minimum absolute atomic E-state index is 0. The van der Waals surface area contributed by atoms with Gasteiger partial charge in [0.1, 0.15) is 11.6 Å². The van der Waals surface area contributed by atoms with Crippen LogP contribution in [0.2, 0.25) is 0 Å². The lowest BCUT2D eigenvalue weighted by atomic mass is 9.93. The maximum absolute atomic E-state index is 13.8. The van der Waals surface area contributed by atoms with Crippen molar-refractivity contribution in [1.82, 2.24) is 55.0 Å². The Morgan fingerprint density at radius 3 is 1.70 bits per heavy atom. The van der Waals surface area contributed by atoms with E-state index in [9.17, 15) is 26.7 Å². The number of methoxy groups -OCH3 is 1. The summed E-state index contributed by atoms with van der Waals surface area (Å²) in [7, 11) is 1.42. The molecule has 2 aromatic carbocycles. The second kappa shape index (κ2) is 18.3. The Bertz CT molecular complexity index is 2440. The number of piperidine rings is 1. The molecular weight excluding hydrogens is 825 g/mol. The van der Waals surface area contributed by atoms with Crippen LogP contribution in [0.25, 0.3) is 33.7 Å². The van der Waals surface area contributed by atoms with Gasteiger partial charge in [0.15, 0.2) is 0 Å². The predicted molar refractivity (Wildman–Crippen MR) is 204 cm³/mol. The van der Waals surface area contributed by atoms with Gasteiger partial charge in [0.2, 0.25) is 11.8 Å². The number of alkyl halides is 3. The molecule has 17 nitrogen and oxygen atoms in total. The molecule has 60 heavy (non-hydrogen) atoms. The van der Waals surface area contributed by atoms with E-state index in [1.54, 1.807) is 26.4 Å². The second-order valence-electron chi connectivity index (χ2n) is 14.1. The van der Waals surface area contributed by atoms with Crippen molar-refractivity contribution in [3.63, 3.8) is 0 Å². The zero-order valence-corrected chi connectivity index (χ0v) is 33.3. The number of amides is 1. The number of carbonyl (C=O) groups excluding carboxylic acids is 1. The highest BCUT2D eigenvalue weighted by molar-refractivity contribution is 5.85. The van der Waals surface area contributed by atoms with E-state index < -0.39 is 12.1 Å². The van der Waals surface area contributed by atoms with E-state index in [0.29, 0.717) is 53.8 Å². The van der Waals surface area contributed by atoms with Gasteiger partial charge in [-0.3, -0.25) is 4.90 Å². The Labute approximate surface area is 344 Å². The first-order chi connectivity index (χ1) is 28.3. The van der Waals surface area contributed by atoms with Gasteiger partial charge in [0.25, 0.3) is 11.9 Å². The average molecular weight is 866 g/mol. The van der Waals surface area contributed by atoms with Gasteiger partial charge in [0, 0.05) is 68.2 Å². The largest absolute Gasteiger partial charge is 0.490 e. The molecule has 0 atom stereocenters. The van der Waals surface area contributed by atoms with Crippen LogP contribution in [0.5, 0.6) is 0 Å². The monoisotopic (exact) mass is 865 g/mol. The minimum atomic E-state index is -5.08. The van der Waals surface area contributed by atoms with E-state index in [4.69, 9.17) is 23.7 Å². The van der Waals surface area contributed by atoms with Gasteiger partial charge in [0.05, 0.1) is 41.4 Å². The lowest BCUT2D eigenvalue weighted by Gasteiger charge is -2.45. The molecule has 0 saturated carbocycles. The number of hydrogen-bond acceptors (Lipinski definition) is 13. The number of carboxylic acids is 1. The maximum atomic E-state index is 13.8. The number of carbonyl (C=O) groups is 2. The SMILES string of the molecule is CCc1nn(-c2noc(C3CN(C4CCN(C(=O)OC)CC4)C3)n2)c2cc(F)ccc12.CCc1nn(-c2noc(C3CNC3)n2)c2cc(F)ccc12.Cl.O=C(O)C(F)(F)F. The summed E-state index contributed by atoms with van der Waals surface area (Å²) in [4.78, 5) is 33.6. The van der Waals surface area contributed by atoms with Crippen molar-refractivity contribution in [2.24, 2.45) is 0 Å². The molecule has 0 unspecified atom stereocenters. The first-order valence-electron chi connectivity index (χ1n) is 18.9. The number of aromatic nitrogens is 8. The zero-order valence-electron chi connectivity index (χ0n) is 32.5. The molecular formula is C37H41ClF5N11O6. The number of likely N-dealkylation sites (tertiary alicyclic amines) is 2. The fourth-order valence-electron chi connectivity index (χ4n) is 7.06. The van der Waals surface area contributed by atoms with Crippen LogP contribution in [0.3, 0.4) is 0 Å². The predicted octanol–water partition coefficient (Wildman–Crippen LogP) is 5.59. The Morgan fingerprint density at radius 1 is 0.833 bits per heavy atom. The fourth-order valence-corrected chi connectivity index (χ4v) is 7.06. The molecule has 3 saturated heterocycles. The van der Waals surface area contributed by atoms with Crippen molar-refractivity contribution in [3.05, 3.63) is 71.2 Å². The number of aliphatic carboxylic acids is 1. The molecule has 322 valence electrons. The molecule has 23 heteroatoms. The van der Waals surface area contributed by atoms with E-state index in [0.717, 1.165) is 74.0 Å². The number of carboxylic acid groups (broad SMARTS) is 1. The second-order valence-corrected chi connectivity index (χ2v) is 14.1.